The van der Waals surface area contributed by atoms with Gasteiger partial charge in [0.25, 0.3) is 5.91 Å². The fraction of sp³-hybridized carbons (Fsp3) is 0.250. The molecule has 0 aliphatic heterocycles. The van der Waals surface area contributed by atoms with Gasteiger partial charge in [-0.15, -0.1) is 24.8 Å². The van der Waals surface area contributed by atoms with E-state index in [4.69, 9.17) is 33.7 Å². The van der Waals surface area contributed by atoms with Crippen LogP contribution in [0.25, 0.3) is 0 Å². The van der Waals surface area contributed by atoms with Gasteiger partial charge in [0.1, 0.15) is 10.8 Å². The Morgan fingerprint density at radius 2 is 1.92 bits per heavy atom. The monoisotopic (exact) mass is 425 g/mol. The molecule has 1 aromatic carbocycles. The SMILES string of the molecule is CC(C)(CN)NC(=O)c1ccc(Oc2cccc(Cl)c2Cl)nc1.Cl.Cl. The highest BCUT2D eigenvalue weighted by atomic mass is 35.5. The Kier molecular flexibility index (Phi) is 9.54. The number of carbonyl (C=O) groups excluding carboxylic acids is 1. The van der Waals surface area contributed by atoms with E-state index in [1.165, 1.54) is 6.20 Å². The smallest absolute Gasteiger partial charge is 0.253 e. The van der Waals surface area contributed by atoms with Crippen molar-refractivity contribution in [3.8, 4) is 11.6 Å². The second-order valence-corrected chi connectivity index (χ2v) is 6.37. The Labute approximate surface area is 169 Å². The molecule has 1 aromatic heterocycles. The zero-order valence-electron chi connectivity index (χ0n) is 13.6. The molecule has 0 saturated heterocycles. The van der Waals surface area contributed by atoms with Gasteiger partial charge in [-0.05, 0) is 32.0 Å². The second kappa shape index (κ2) is 10.0. The van der Waals surface area contributed by atoms with E-state index >= 15 is 0 Å². The van der Waals surface area contributed by atoms with Crippen LogP contribution >= 0.6 is 48.0 Å². The number of halogens is 4. The quantitative estimate of drug-likeness (QED) is 0.738. The van der Waals surface area contributed by atoms with Crippen molar-refractivity contribution < 1.29 is 9.53 Å². The highest BCUT2D eigenvalue weighted by Gasteiger charge is 2.19. The molecule has 0 radical (unpaired) electrons. The summed E-state index contributed by atoms with van der Waals surface area (Å²) in [6.45, 7) is 4.02. The molecule has 0 spiro atoms. The lowest BCUT2D eigenvalue weighted by molar-refractivity contribution is 0.0915. The van der Waals surface area contributed by atoms with Crippen LogP contribution in [0.5, 0.6) is 11.6 Å². The summed E-state index contributed by atoms with van der Waals surface area (Å²) < 4.78 is 5.57. The Balaban J connectivity index is 0.00000288. The summed E-state index contributed by atoms with van der Waals surface area (Å²) in [6.07, 6.45) is 1.43. The molecule has 0 saturated carbocycles. The van der Waals surface area contributed by atoms with Gasteiger partial charge in [0.15, 0.2) is 0 Å². The molecule has 5 nitrogen and oxygen atoms in total. The lowest BCUT2D eigenvalue weighted by Crippen LogP contribution is -2.48. The fourth-order valence-corrected chi connectivity index (χ4v) is 2.01. The minimum absolute atomic E-state index is 0. The van der Waals surface area contributed by atoms with Crippen molar-refractivity contribution in [3.05, 3.63) is 52.1 Å². The molecule has 2 aromatic rings. The fourth-order valence-electron chi connectivity index (χ4n) is 1.68. The molecular weight excluding hydrogens is 408 g/mol. The van der Waals surface area contributed by atoms with Gasteiger partial charge >= 0.3 is 0 Å². The standard InChI is InChI=1S/C16H17Cl2N3O2.2ClH/c1-16(2,9-19)21-15(22)10-6-7-13(20-8-10)23-12-5-3-4-11(17)14(12)18;;/h3-8H,9,19H2,1-2H3,(H,21,22);2*1H. The van der Waals surface area contributed by atoms with Crippen molar-refractivity contribution in [2.24, 2.45) is 5.73 Å². The van der Waals surface area contributed by atoms with Gasteiger partial charge in [0.05, 0.1) is 10.6 Å². The summed E-state index contributed by atoms with van der Waals surface area (Å²) in [5.41, 5.74) is 5.52. The third kappa shape index (κ3) is 6.53. The highest BCUT2D eigenvalue weighted by molar-refractivity contribution is 6.42. The molecule has 0 bridgehead atoms. The molecule has 25 heavy (non-hydrogen) atoms. The average Bonchev–Trinajstić information content (AvgIpc) is 2.52. The maximum absolute atomic E-state index is 12.1. The second-order valence-electron chi connectivity index (χ2n) is 5.58. The van der Waals surface area contributed by atoms with Gasteiger partial charge in [0, 0.05) is 24.3 Å². The van der Waals surface area contributed by atoms with Crippen LogP contribution in [-0.4, -0.2) is 23.0 Å². The number of pyridine rings is 1. The molecule has 1 amide bonds. The van der Waals surface area contributed by atoms with E-state index < -0.39 is 5.54 Å². The lowest BCUT2D eigenvalue weighted by atomic mass is 10.1. The molecule has 0 aliphatic carbocycles. The van der Waals surface area contributed by atoms with Crippen LogP contribution in [-0.2, 0) is 0 Å². The van der Waals surface area contributed by atoms with E-state index in [0.29, 0.717) is 33.8 Å². The predicted molar refractivity (Wildman–Crippen MR) is 106 cm³/mol. The van der Waals surface area contributed by atoms with Gasteiger partial charge in [0.2, 0.25) is 5.88 Å². The number of nitrogens with zero attached hydrogens (tertiary/aromatic N) is 1. The third-order valence-corrected chi connectivity index (χ3v) is 3.89. The zero-order chi connectivity index (χ0) is 17.0. The van der Waals surface area contributed by atoms with E-state index in [1.807, 2.05) is 13.8 Å². The summed E-state index contributed by atoms with van der Waals surface area (Å²) in [4.78, 5) is 16.2. The Hall–Kier alpha value is -1.24. The number of hydrogen-bond donors (Lipinski definition) is 2. The van der Waals surface area contributed by atoms with Gasteiger partial charge in [-0.25, -0.2) is 4.98 Å². The summed E-state index contributed by atoms with van der Waals surface area (Å²) >= 11 is 12.0. The van der Waals surface area contributed by atoms with Gasteiger partial charge < -0.3 is 15.8 Å². The number of carbonyl (C=O) groups is 1. The molecule has 138 valence electrons. The predicted octanol–water partition coefficient (Wildman–Crippen LogP) is 4.49. The van der Waals surface area contributed by atoms with Crippen molar-refractivity contribution in [2.75, 3.05) is 6.54 Å². The third-order valence-electron chi connectivity index (χ3n) is 3.09. The first-order valence-electron chi connectivity index (χ1n) is 6.93. The van der Waals surface area contributed by atoms with Crippen LogP contribution in [0.15, 0.2) is 36.5 Å². The van der Waals surface area contributed by atoms with E-state index in [2.05, 4.69) is 10.3 Å². The molecule has 2 rings (SSSR count). The van der Waals surface area contributed by atoms with Crippen LogP contribution in [0.4, 0.5) is 0 Å². The van der Waals surface area contributed by atoms with Gasteiger partial charge in [-0.1, -0.05) is 29.3 Å². The molecule has 0 aliphatic rings. The summed E-state index contributed by atoms with van der Waals surface area (Å²) in [6, 6.07) is 8.27. The minimum atomic E-state index is -0.486. The number of hydrogen-bond acceptors (Lipinski definition) is 4. The van der Waals surface area contributed by atoms with Crippen molar-refractivity contribution >= 4 is 53.9 Å². The molecule has 0 atom stereocenters. The zero-order valence-corrected chi connectivity index (χ0v) is 16.7. The maximum Gasteiger partial charge on any atom is 0.253 e. The number of nitrogens with one attached hydrogen (secondary N) is 1. The first kappa shape index (κ1) is 23.8. The number of rotatable bonds is 5. The van der Waals surface area contributed by atoms with E-state index in [1.54, 1.807) is 30.3 Å². The van der Waals surface area contributed by atoms with Crippen LogP contribution in [0.3, 0.4) is 0 Å². The normalized spacial score (nSPS) is 10.3. The Bertz CT molecular complexity index is 709. The van der Waals surface area contributed by atoms with E-state index in [9.17, 15) is 4.79 Å². The summed E-state index contributed by atoms with van der Waals surface area (Å²) in [7, 11) is 0. The molecule has 3 N–H and O–H groups in total. The first-order chi connectivity index (χ1) is 10.8. The number of nitrogens with two attached hydrogens (primary N) is 1. The van der Waals surface area contributed by atoms with Gasteiger partial charge in [-0.3, -0.25) is 4.79 Å². The number of ether oxygens (including phenoxy) is 1. The Morgan fingerprint density at radius 1 is 1.24 bits per heavy atom. The Morgan fingerprint density at radius 3 is 2.48 bits per heavy atom. The molecule has 0 unspecified atom stereocenters. The van der Waals surface area contributed by atoms with Crippen LogP contribution < -0.4 is 15.8 Å². The summed E-state index contributed by atoms with van der Waals surface area (Å²) in [5, 5.41) is 3.53. The van der Waals surface area contributed by atoms with Crippen molar-refractivity contribution in [1.29, 1.82) is 0 Å². The largest absolute Gasteiger partial charge is 0.437 e. The number of benzene rings is 1. The molecule has 1 heterocycles. The number of amides is 1. The van der Waals surface area contributed by atoms with Crippen molar-refractivity contribution in [2.45, 2.75) is 19.4 Å². The van der Waals surface area contributed by atoms with E-state index in [0.717, 1.165) is 0 Å². The minimum Gasteiger partial charge on any atom is -0.437 e. The van der Waals surface area contributed by atoms with Crippen molar-refractivity contribution in [1.82, 2.24) is 10.3 Å². The highest BCUT2D eigenvalue weighted by Crippen LogP contribution is 2.33. The van der Waals surface area contributed by atoms with Gasteiger partial charge in [-0.2, -0.15) is 0 Å². The molecule has 0 fully saturated rings. The van der Waals surface area contributed by atoms with Crippen LogP contribution in [0, 0.1) is 0 Å². The van der Waals surface area contributed by atoms with Crippen molar-refractivity contribution in [3.63, 3.8) is 0 Å². The van der Waals surface area contributed by atoms with Crippen LogP contribution in [0.2, 0.25) is 10.0 Å². The maximum atomic E-state index is 12.1. The lowest BCUT2D eigenvalue weighted by Gasteiger charge is -2.24. The number of aromatic nitrogens is 1. The van der Waals surface area contributed by atoms with E-state index in [-0.39, 0.29) is 30.7 Å². The molecular formula is C16H19Cl4N3O2. The summed E-state index contributed by atoms with van der Waals surface area (Å²) in [5.74, 6) is 0.456. The first-order valence-corrected chi connectivity index (χ1v) is 7.68. The average molecular weight is 427 g/mol. The van der Waals surface area contributed by atoms with Crippen LogP contribution in [0.1, 0.15) is 24.2 Å². The topological polar surface area (TPSA) is 77.2 Å². The molecule has 9 heteroatoms.